The van der Waals surface area contributed by atoms with E-state index >= 15 is 0 Å². The third-order valence-electron chi connectivity index (χ3n) is 8.71. The number of ether oxygens (including phenoxy) is 1. The molecule has 4 rings (SSSR count). The Balaban J connectivity index is 1.60. The van der Waals surface area contributed by atoms with Crippen molar-refractivity contribution < 1.29 is 14.3 Å². The Kier molecular flexibility index (Phi) is 5.20. The van der Waals surface area contributed by atoms with Crippen molar-refractivity contribution in [2.24, 2.45) is 34.5 Å². The number of hydrogen-bond donors (Lipinski definition) is 0. The number of halogens is 1. The van der Waals surface area contributed by atoms with Gasteiger partial charge in [0.25, 0.3) is 0 Å². The molecule has 0 radical (unpaired) electrons. The maximum atomic E-state index is 12.8. The summed E-state index contributed by atoms with van der Waals surface area (Å²) in [4.78, 5) is 23.9. The second kappa shape index (κ2) is 7.21. The number of fused-ring (bicyclic) bond motifs is 5. The summed E-state index contributed by atoms with van der Waals surface area (Å²) >= 11 is 6.65. The number of allylic oxidation sites excluding steroid dienone is 2. The van der Waals surface area contributed by atoms with Crippen molar-refractivity contribution in [3.8, 4) is 0 Å². The highest BCUT2D eigenvalue weighted by molar-refractivity contribution is 6.18. The van der Waals surface area contributed by atoms with Gasteiger partial charge in [0.2, 0.25) is 0 Å². The fraction of sp³-hybridized carbons (Fsp3) is 0.826. The third-order valence-corrected chi connectivity index (χ3v) is 9.19. The van der Waals surface area contributed by atoms with E-state index in [4.69, 9.17) is 16.3 Å². The SMILES string of the molecule is CC(=O)OCC(=O)[C@H]1CC[C@H]2[C@@H]3CCC4CCCC[C@]4(CCl)C3=CC[C@]12C. The van der Waals surface area contributed by atoms with E-state index in [1.165, 1.54) is 45.4 Å². The minimum absolute atomic E-state index is 0.0143. The minimum Gasteiger partial charge on any atom is -0.458 e. The smallest absolute Gasteiger partial charge is 0.303 e. The summed E-state index contributed by atoms with van der Waals surface area (Å²) in [5.41, 5.74) is 1.90. The zero-order valence-corrected chi connectivity index (χ0v) is 17.5. The van der Waals surface area contributed by atoms with Crippen molar-refractivity contribution in [3.05, 3.63) is 11.6 Å². The molecule has 0 spiro atoms. The first-order valence-corrected chi connectivity index (χ1v) is 11.4. The Bertz CT molecular complexity index is 656. The fourth-order valence-corrected chi connectivity index (χ4v) is 7.90. The molecule has 6 atom stereocenters. The zero-order chi connectivity index (χ0) is 19.2. The van der Waals surface area contributed by atoms with Crippen molar-refractivity contribution in [2.45, 2.75) is 71.6 Å². The van der Waals surface area contributed by atoms with Crippen molar-refractivity contribution in [1.29, 1.82) is 0 Å². The summed E-state index contributed by atoms with van der Waals surface area (Å²) in [6.07, 6.45) is 13.4. The third kappa shape index (κ3) is 2.99. The van der Waals surface area contributed by atoms with Gasteiger partial charge < -0.3 is 4.74 Å². The van der Waals surface area contributed by atoms with E-state index in [0.29, 0.717) is 11.8 Å². The number of hydrogen-bond acceptors (Lipinski definition) is 3. The number of Topliss-reactive ketones (excluding diaryl/α,β-unsaturated/α-hetero) is 1. The molecule has 0 heterocycles. The molecule has 4 heteroatoms. The van der Waals surface area contributed by atoms with Crippen molar-refractivity contribution in [2.75, 3.05) is 12.5 Å². The van der Waals surface area contributed by atoms with E-state index in [2.05, 4.69) is 13.0 Å². The molecular weight excluding hydrogens is 360 g/mol. The van der Waals surface area contributed by atoms with E-state index in [1.54, 1.807) is 5.57 Å². The van der Waals surface area contributed by atoms with Crippen LogP contribution in [0.15, 0.2) is 11.6 Å². The fourth-order valence-electron chi connectivity index (χ4n) is 7.39. The van der Waals surface area contributed by atoms with Gasteiger partial charge in [-0.2, -0.15) is 0 Å². The highest BCUT2D eigenvalue weighted by atomic mass is 35.5. The van der Waals surface area contributed by atoms with Gasteiger partial charge in [-0.3, -0.25) is 9.59 Å². The van der Waals surface area contributed by atoms with Gasteiger partial charge in [0.15, 0.2) is 5.78 Å². The maximum absolute atomic E-state index is 12.8. The summed E-state index contributed by atoms with van der Waals surface area (Å²) in [7, 11) is 0. The number of carbonyl (C=O) groups is 2. The first kappa shape index (κ1) is 19.5. The van der Waals surface area contributed by atoms with Crippen LogP contribution in [0.2, 0.25) is 0 Å². The van der Waals surface area contributed by atoms with Crippen LogP contribution in [-0.4, -0.2) is 24.2 Å². The molecule has 0 aliphatic heterocycles. The molecule has 3 fully saturated rings. The van der Waals surface area contributed by atoms with Crippen LogP contribution in [-0.2, 0) is 14.3 Å². The summed E-state index contributed by atoms with van der Waals surface area (Å²) in [5.74, 6) is 2.47. The van der Waals surface area contributed by atoms with Crippen molar-refractivity contribution in [1.82, 2.24) is 0 Å². The molecule has 150 valence electrons. The highest BCUT2D eigenvalue weighted by Gasteiger charge is 2.58. The average Bonchev–Trinajstić information content (AvgIpc) is 3.03. The molecule has 0 aromatic rings. The van der Waals surface area contributed by atoms with Crippen LogP contribution >= 0.6 is 11.6 Å². The molecule has 0 bridgehead atoms. The van der Waals surface area contributed by atoms with Crippen molar-refractivity contribution in [3.63, 3.8) is 0 Å². The summed E-state index contributed by atoms with van der Waals surface area (Å²) in [5, 5.41) is 0. The zero-order valence-electron chi connectivity index (χ0n) is 16.8. The first-order chi connectivity index (χ1) is 12.9. The Morgan fingerprint density at radius 3 is 2.74 bits per heavy atom. The molecule has 3 saturated carbocycles. The molecule has 0 aromatic heterocycles. The number of ketones is 1. The molecule has 4 aliphatic carbocycles. The average molecular weight is 393 g/mol. The molecule has 0 aromatic carbocycles. The topological polar surface area (TPSA) is 43.4 Å². The Labute approximate surface area is 168 Å². The predicted octanol–water partition coefficient (Wildman–Crippen LogP) is 5.31. The highest BCUT2D eigenvalue weighted by Crippen LogP contribution is 2.65. The maximum Gasteiger partial charge on any atom is 0.303 e. The summed E-state index contributed by atoms with van der Waals surface area (Å²) in [6.45, 7) is 3.63. The lowest BCUT2D eigenvalue weighted by atomic mass is 9.49. The van der Waals surface area contributed by atoms with E-state index in [0.717, 1.165) is 31.1 Å². The predicted molar refractivity (Wildman–Crippen MR) is 106 cm³/mol. The summed E-state index contributed by atoms with van der Waals surface area (Å²) in [6, 6.07) is 0. The molecule has 0 N–H and O–H groups in total. The molecule has 27 heavy (non-hydrogen) atoms. The lowest BCUT2D eigenvalue weighted by molar-refractivity contribution is -0.148. The quantitative estimate of drug-likeness (QED) is 0.370. The van der Waals surface area contributed by atoms with Gasteiger partial charge >= 0.3 is 5.97 Å². The second-order valence-electron chi connectivity index (χ2n) is 9.77. The van der Waals surface area contributed by atoms with Gasteiger partial charge in [0.05, 0.1) is 0 Å². The van der Waals surface area contributed by atoms with Crippen LogP contribution in [0.3, 0.4) is 0 Å². The number of alkyl halides is 1. The van der Waals surface area contributed by atoms with Crippen LogP contribution in [0.1, 0.15) is 71.6 Å². The standard InChI is InChI=1S/C23H33ClO3/c1-15(25)27-13-21(26)20-9-8-18-17-7-6-16-5-3-4-11-23(16,14-24)19(17)10-12-22(18,20)2/h10,16-18,20H,3-9,11-14H2,1-2H3/t16?,17-,18-,20+,22-,23+/m0/s1. The van der Waals surface area contributed by atoms with Gasteiger partial charge in [-0.05, 0) is 68.1 Å². The van der Waals surface area contributed by atoms with Gasteiger partial charge in [-0.25, -0.2) is 0 Å². The van der Waals surface area contributed by atoms with Crippen LogP contribution in [0.25, 0.3) is 0 Å². The van der Waals surface area contributed by atoms with Gasteiger partial charge in [0.1, 0.15) is 6.61 Å². The number of carbonyl (C=O) groups excluding carboxylic acids is 2. The second-order valence-corrected chi connectivity index (χ2v) is 10.0. The number of esters is 1. The lowest BCUT2D eigenvalue weighted by Gasteiger charge is -2.56. The van der Waals surface area contributed by atoms with Gasteiger partial charge in [-0.1, -0.05) is 31.4 Å². The molecule has 4 aliphatic rings. The van der Waals surface area contributed by atoms with E-state index < -0.39 is 0 Å². The number of rotatable bonds is 4. The minimum atomic E-state index is -0.367. The monoisotopic (exact) mass is 392 g/mol. The summed E-state index contributed by atoms with van der Waals surface area (Å²) < 4.78 is 5.03. The largest absolute Gasteiger partial charge is 0.458 e. The van der Waals surface area contributed by atoms with Crippen LogP contribution < -0.4 is 0 Å². The van der Waals surface area contributed by atoms with Gasteiger partial charge in [0, 0.05) is 24.1 Å². The molecule has 3 nitrogen and oxygen atoms in total. The Morgan fingerprint density at radius 2 is 2.00 bits per heavy atom. The Hall–Kier alpha value is -0.830. The molecule has 0 amide bonds. The molecular formula is C23H33ClO3. The van der Waals surface area contributed by atoms with Crippen LogP contribution in [0.4, 0.5) is 0 Å². The van der Waals surface area contributed by atoms with E-state index in [1.807, 2.05) is 0 Å². The lowest BCUT2D eigenvalue weighted by Crippen LogP contribution is -2.49. The van der Waals surface area contributed by atoms with Crippen molar-refractivity contribution >= 4 is 23.4 Å². The van der Waals surface area contributed by atoms with E-state index in [-0.39, 0.29) is 35.1 Å². The van der Waals surface area contributed by atoms with Crippen LogP contribution in [0.5, 0.6) is 0 Å². The molecule has 0 saturated heterocycles. The van der Waals surface area contributed by atoms with E-state index in [9.17, 15) is 9.59 Å². The van der Waals surface area contributed by atoms with Crippen LogP contribution in [0, 0.1) is 34.5 Å². The first-order valence-electron chi connectivity index (χ1n) is 10.8. The normalized spacial score (nSPS) is 43.1. The van der Waals surface area contributed by atoms with Gasteiger partial charge in [-0.15, -0.1) is 11.6 Å². The Morgan fingerprint density at radius 1 is 1.19 bits per heavy atom. The molecule has 1 unspecified atom stereocenters.